The summed E-state index contributed by atoms with van der Waals surface area (Å²) in [5, 5.41) is 14.0. The highest BCUT2D eigenvalue weighted by Crippen LogP contribution is 2.18. The quantitative estimate of drug-likeness (QED) is 0.926. The molecule has 1 unspecified atom stereocenters. The summed E-state index contributed by atoms with van der Waals surface area (Å²) in [6.45, 7) is 11.2. The lowest BCUT2D eigenvalue weighted by Gasteiger charge is -2.26. The van der Waals surface area contributed by atoms with Crippen molar-refractivity contribution in [2.75, 3.05) is 0 Å². The standard InChI is InChI=1S/C12H17N3O2.C2H6/c1-8-5-14-15-7-10(6-13-11(8)15)17-9(2)12(3,4)16;1-2/h5-7,9,16H,1-4H3;1-2H3. The zero-order valence-corrected chi connectivity index (χ0v) is 12.5. The molecule has 0 radical (unpaired) electrons. The summed E-state index contributed by atoms with van der Waals surface area (Å²) in [6, 6.07) is 0. The van der Waals surface area contributed by atoms with Crippen LogP contribution in [0.3, 0.4) is 0 Å². The number of ether oxygens (including phenoxy) is 1. The molecule has 5 heteroatoms. The van der Waals surface area contributed by atoms with Crippen molar-refractivity contribution < 1.29 is 9.84 Å². The lowest BCUT2D eigenvalue weighted by molar-refractivity contribution is -0.0244. The van der Waals surface area contributed by atoms with Crippen LogP contribution in [0.1, 0.15) is 40.2 Å². The Morgan fingerprint density at radius 3 is 2.53 bits per heavy atom. The summed E-state index contributed by atoms with van der Waals surface area (Å²) >= 11 is 0. The van der Waals surface area contributed by atoms with Gasteiger partial charge in [-0.15, -0.1) is 0 Å². The third-order valence-electron chi connectivity index (χ3n) is 2.82. The molecule has 1 N–H and O–H groups in total. The Bertz CT molecular complexity index is 529. The lowest BCUT2D eigenvalue weighted by atomic mass is 10.0. The first-order chi connectivity index (χ1) is 8.88. The van der Waals surface area contributed by atoms with Crippen molar-refractivity contribution in [2.45, 2.75) is 53.2 Å². The topological polar surface area (TPSA) is 59.7 Å². The van der Waals surface area contributed by atoms with Crippen LogP contribution in [0.25, 0.3) is 5.65 Å². The van der Waals surface area contributed by atoms with Gasteiger partial charge in [-0.05, 0) is 27.7 Å². The van der Waals surface area contributed by atoms with Crippen LogP contribution >= 0.6 is 0 Å². The van der Waals surface area contributed by atoms with E-state index in [0.29, 0.717) is 5.75 Å². The molecule has 19 heavy (non-hydrogen) atoms. The van der Waals surface area contributed by atoms with Gasteiger partial charge in [-0.1, -0.05) is 13.8 Å². The first-order valence-electron chi connectivity index (χ1n) is 6.57. The predicted octanol–water partition coefficient (Wildman–Crippen LogP) is 2.60. The molecule has 0 saturated carbocycles. The minimum atomic E-state index is -0.894. The fraction of sp³-hybridized carbons (Fsp3) is 0.571. The molecule has 0 aliphatic carbocycles. The Hall–Kier alpha value is -1.62. The third-order valence-corrected chi connectivity index (χ3v) is 2.82. The molecule has 0 amide bonds. The van der Waals surface area contributed by atoms with E-state index in [4.69, 9.17) is 4.74 Å². The molecule has 0 aliphatic heterocycles. The van der Waals surface area contributed by atoms with Crippen LogP contribution in [0.2, 0.25) is 0 Å². The van der Waals surface area contributed by atoms with E-state index in [1.807, 2.05) is 27.7 Å². The molecule has 1 atom stereocenters. The number of rotatable bonds is 3. The first-order valence-corrected chi connectivity index (χ1v) is 6.57. The maximum absolute atomic E-state index is 9.80. The van der Waals surface area contributed by atoms with Crippen LogP contribution in [0, 0.1) is 6.92 Å². The fourth-order valence-electron chi connectivity index (χ4n) is 1.39. The largest absolute Gasteiger partial charge is 0.484 e. The Labute approximate surface area is 114 Å². The van der Waals surface area contributed by atoms with Crippen molar-refractivity contribution in [3.63, 3.8) is 0 Å². The van der Waals surface area contributed by atoms with E-state index in [-0.39, 0.29) is 6.10 Å². The molecule has 2 heterocycles. The number of nitrogens with zero attached hydrogens (tertiary/aromatic N) is 3. The van der Waals surface area contributed by atoms with E-state index in [0.717, 1.165) is 11.2 Å². The van der Waals surface area contributed by atoms with E-state index < -0.39 is 5.60 Å². The monoisotopic (exact) mass is 265 g/mol. The Balaban J connectivity index is 0.000000861. The number of fused-ring (bicyclic) bond motifs is 1. The second-order valence-corrected chi connectivity index (χ2v) is 4.80. The van der Waals surface area contributed by atoms with Gasteiger partial charge in [0.2, 0.25) is 0 Å². The molecule has 0 aliphatic rings. The van der Waals surface area contributed by atoms with Gasteiger partial charge in [0.25, 0.3) is 0 Å². The Morgan fingerprint density at radius 1 is 1.32 bits per heavy atom. The second kappa shape index (κ2) is 6.02. The van der Waals surface area contributed by atoms with Crippen LogP contribution in [0.15, 0.2) is 18.6 Å². The number of aromatic nitrogens is 3. The first kappa shape index (κ1) is 15.4. The summed E-state index contributed by atoms with van der Waals surface area (Å²) in [5.41, 5.74) is 0.940. The summed E-state index contributed by atoms with van der Waals surface area (Å²) in [4.78, 5) is 4.27. The van der Waals surface area contributed by atoms with Crippen LogP contribution in [0.5, 0.6) is 5.75 Å². The molecule has 2 aromatic rings. The van der Waals surface area contributed by atoms with Crippen LogP contribution in [-0.4, -0.2) is 31.4 Å². The van der Waals surface area contributed by atoms with Crippen molar-refractivity contribution >= 4 is 5.65 Å². The number of aliphatic hydroxyl groups is 1. The normalized spacial score (nSPS) is 12.8. The van der Waals surface area contributed by atoms with Gasteiger partial charge in [0.15, 0.2) is 11.4 Å². The molecule has 2 rings (SSSR count). The smallest absolute Gasteiger partial charge is 0.158 e. The summed E-state index contributed by atoms with van der Waals surface area (Å²) in [7, 11) is 0. The van der Waals surface area contributed by atoms with E-state index >= 15 is 0 Å². The molecule has 2 aromatic heterocycles. The average molecular weight is 265 g/mol. The van der Waals surface area contributed by atoms with Gasteiger partial charge in [0.1, 0.15) is 6.10 Å². The van der Waals surface area contributed by atoms with Gasteiger partial charge >= 0.3 is 0 Å². The maximum atomic E-state index is 9.80. The highest BCUT2D eigenvalue weighted by Gasteiger charge is 2.24. The lowest BCUT2D eigenvalue weighted by Crippen LogP contribution is -2.37. The Kier molecular flexibility index (Phi) is 4.89. The van der Waals surface area contributed by atoms with E-state index in [2.05, 4.69) is 10.1 Å². The molecule has 0 bridgehead atoms. The zero-order chi connectivity index (χ0) is 14.6. The third kappa shape index (κ3) is 3.67. The Morgan fingerprint density at radius 2 is 1.95 bits per heavy atom. The highest BCUT2D eigenvalue weighted by molar-refractivity contribution is 5.45. The van der Waals surface area contributed by atoms with Crippen LogP contribution in [-0.2, 0) is 0 Å². The average Bonchev–Trinajstić information content (AvgIpc) is 2.72. The minimum Gasteiger partial charge on any atom is -0.484 e. The van der Waals surface area contributed by atoms with Crippen molar-refractivity contribution in [3.8, 4) is 5.75 Å². The minimum absolute atomic E-state index is 0.321. The van der Waals surface area contributed by atoms with Crippen LogP contribution in [0.4, 0.5) is 0 Å². The van der Waals surface area contributed by atoms with Gasteiger partial charge < -0.3 is 9.84 Å². The number of aryl methyl sites for hydroxylation is 1. The molecular formula is C14H23N3O2. The number of hydrogen-bond donors (Lipinski definition) is 1. The zero-order valence-electron chi connectivity index (χ0n) is 12.5. The molecule has 5 nitrogen and oxygen atoms in total. The van der Waals surface area contributed by atoms with Gasteiger partial charge in [0, 0.05) is 5.56 Å². The highest BCUT2D eigenvalue weighted by atomic mass is 16.5. The van der Waals surface area contributed by atoms with Gasteiger partial charge in [-0.3, -0.25) is 0 Å². The van der Waals surface area contributed by atoms with Crippen molar-refractivity contribution in [1.29, 1.82) is 0 Å². The van der Waals surface area contributed by atoms with E-state index in [1.165, 1.54) is 0 Å². The van der Waals surface area contributed by atoms with Crippen molar-refractivity contribution in [3.05, 3.63) is 24.2 Å². The van der Waals surface area contributed by atoms with Gasteiger partial charge in [0.05, 0.1) is 24.2 Å². The maximum Gasteiger partial charge on any atom is 0.158 e. The summed E-state index contributed by atoms with van der Waals surface area (Å²) in [6.07, 6.45) is 4.84. The second-order valence-electron chi connectivity index (χ2n) is 4.80. The fourth-order valence-corrected chi connectivity index (χ4v) is 1.39. The molecule has 0 saturated heterocycles. The summed E-state index contributed by atoms with van der Waals surface area (Å²) in [5.74, 6) is 0.593. The van der Waals surface area contributed by atoms with Crippen molar-refractivity contribution in [2.24, 2.45) is 0 Å². The van der Waals surface area contributed by atoms with E-state index in [9.17, 15) is 5.11 Å². The summed E-state index contributed by atoms with van der Waals surface area (Å²) < 4.78 is 7.29. The van der Waals surface area contributed by atoms with E-state index in [1.54, 1.807) is 37.0 Å². The van der Waals surface area contributed by atoms with Crippen LogP contribution < -0.4 is 4.74 Å². The van der Waals surface area contributed by atoms with Gasteiger partial charge in [-0.25, -0.2) is 9.50 Å². The molecule has 0 spiro atoms. The predicted molar refractivity (Wildman–Crippen MR) is 75.5 cm³/mol. The van der Waals surface area contributed by atoms with Crippen molar-refractivity contribution in [1.82, 2.24) is 14.6 Å². The van der Waals surface area contributed by atoms with Gasteiger partial charge in [-0.2, -0.15) is 5.10 Å². The molecule has 106 valence electrons. The molecule has 0 fully saturated rings. The molecular weight excluding hydrogens is 242 g/mol. The SMILES string of the molecule is CC.Cc1cnn2cc(OC(C)C(C)(C)O)cnc12. The molecule has 0 aromatic carbocycles. The number of hydrogen-bond acceptors (Lipinski definition) is 4.